The molecular formula is C13H12BrN3O3. The molecular weight excluding hydrogens is 326 g/mol. The molecule has 1 aromatic heterocycles. The number of H-pyrrole nitrogens is 1. The number of amides is 2. The van der Waals surface area contributed by atoms with Crippen molar-refractivity contribution in [1.29, 1.82) is 0 Å². The van der Waals surface area contributed by atoms with Crippen LogP contribution in [0.15, 0.2) is 34.9 Å². The molecule has 0 aliphatic rings. The van der Waals surface area contributed by atoms with Crippen LogP contribution in [-0.4, -0.2) is 23.9 Å². The minimum Gasteiger partial charge on any atom is -0.495 e. The summed E-state index contributed by atoms with van der Waals surface area (Å²) in [6.07, 6.45) is 1.64. The Morgan fingerprint density at radius 3 is 2.65 bits per heavy atom. The van der Waals surface area contributed by atoms with Crippen molar-refractivity contribution in [3.8, 4) is 5.75 Å². The summed E-state index contributed by atoms with van der Waals surface area (Å²) in [6, 6.07) is 6.21. The third-order valence-electron chi connectivity index (χ3n) is 2.62. The van der Waals surface area contributed by atoms with Gasteiger partial charge in [-0.05, 0) is 40.2 Å². The molecule has 0 bridgehead atoms. The van der Waals surface area contributed by atoms with Gasteiger partial charge in [-0.15, -0.1) is 0 Å². The van der Waals surface area contributed by atoms with E-state index in [-0.39, 0.29) is 11.5 Å². The van der Waals surface area contributed by atoms with Gasteiger partial charge in [-0.2, -0.15) is 0 Å². The zero-order valence-corrected chi connectivity index (χ0v) is 12.2. The van der Waals surface area contributed by atoms with Gasteiger partial charge in [-0.1, -0.05) is 0 Å². The van der Waals surface area contributed by atoms with E-state index in [1.54, 1.807) is 18.3 Å². The fourth-order valence-corrected chi connectivity index (χ4v) is 1.99. The predicted octanol–water partition coefficient (Wildman–Crippen LogP) is 2.14. The quantitative estimate of drug-likeness (QED) is 0.797. The van der Waals surface area contributed by atoms with Crippen molar-refractivity contribution < 1.29 is 14.3 Å². The molecule has 104 valence electrons. The second-order valence-corrected chi connectivity index (χ2v) is 4.88. The highest BCUT2D eigenvalue weighted by Gasteiger charge is 2.13. The molecule has 2 aromatic rings. The van der Waals surface area contributed by atoms with Crippen molar-refractivity contribution in [3.63, 3.8) is 0 Å². The average molecular weight is 338 g/mol. The lowest BCUT2D eigenvalue weighted by Gasteiger charge is -2.10. The largest absolute Gasteiger partial charge is 0.495 e. The summed E-state index contributed by atoms with van der Waals surface area (Å²) in [5, 5.41) is 2.66. The van der Waals surface area contributed by atoms with Gasteiger partial charge in [0.05, 0.1) is 12.8 Å². The van der Waals surface area contributed by atoms with Crippen LogP contribution < -0.4 is 15.8 Å². The molecule has 6 nitrogen and oxygen atoms in total. The topological polar surface area (TPSA) is 97.2 Å². The van der Waals surface area contributed by atoms with Crippen LogP contribution >= 0.6 is 15.9 Å². The third-order valence-corrected chi connectivity index (χ3v) is 3.08. The number of aromatic amines is 1. The Kier molecular flexibility index (Phi) is 4.09. The van der Waals surface area contributed by atoms with Crippen LogP contribution in [0.1, 0.15) is 20.8 Å². The van der Waals surface area contributed by atoms with Gasteiger partial charge in [-0.25, -0.2) is 0 Å². The Labute approximate surface area is 123 Å². The lowest BCUT2D eigenvalue weighted by molar-refractivity contribution is 0.0995. The van der Waals surface area contributed by atoms with Crippen molar-refractivity contribution in [2.75, 3.05) is 12.4 Å². The van der Waals surface area contributed by atoms with E-state index >= 15 is 0 Å². The van der Waals surface area contributed by atoms with Crippen LogP contribution in [0.2, 0.25) is 0 Å². The number of hydrogen-bond acceptors (Lipinski definition) is 3. The average Bonchev–Trinajstić information content (AvgIpc) is 2.85. The molecule has 0 fully saturated rings. The molecule has 20 heavy (non-hydrogen) atoms. The summed E-state index contributed by atoms with van der Waals surface area (Å²) in [5.41, 5.74) is 6.25. The molecule has 0 unspecified atom stereocenters. The highest BCUT2D eigenvalue weighted by Crippen LogP contribution is 2.26. The van der Waals surface area contributed by atoms with Crippen molar-refractivity contribution in [1.82, 2.24) is 4.98 Å². The van der Waals surface area contributed by atoms with Gasteiger partial charge < -0.3 is 20.8 Å². The van der Waals surface area contributed by atoms with E-state index in [2.05, 4.69) is 26.2 Å². The van der Waals surface area contributed by atoms with Crippen LogP contribution in [0.25, 0.3) is 0 Å². The minimum absolute atomic E-state index is 0.286. The number of carbonyl (C=O) groups is 2. The van der Waals surface area contributed by atoms with Crippen LogP contribution in [0.4, 0.5) is 5.69 Å². The number of anilines is 1. The number of halogens is 1. The van der Waals surface area contributed by atoms with E-state index in [0.717, 1.165) is 4.47 Å². The SMILES string of the molecule is COc1ccc(C(N)=O)cc1NC(=O)c1cc(Br)c[nH]1. The Balaban J connectivity index is 2.29. The normalized spacial score (nSPS) is 10.1. The first-order chi connectivity index (χ1) is 9.51. The van der Waals surface area contributed by atoms with E-state index in [1.807, 2.05) is 0 Å². The monoisotopic (exact) mass is 337 g/mol. The number of methoxy groups -OCH3 is 1. The Morgan fingerprint density at radius 1 is 1.35 bits per heavy atom. The lowest BCUT2D eigenvalue weighted by Crippen LogP contribution is -2.15. The smallest absolute Gasteiger partial charge is 0.272 e. The van der Waals surface area contributed by atoms with E-state index in [0.29, 0.717) is 17.1 Å². The van der Waals surface area contributed by atoms with Gasteiger partial charge in [-0.3, -0.25) is 9.59 Å². The van der Waals surface area contributed by atoms with Gasteiger partial charge in [0.15, 0.2) is 0 Å². The molecule has 1 heterocycles. The van der Waals surface area contributed by atoms with Crippen molar-refractivity contribution >= 4 is 33.4 Å². The molecule has 0 saturated heterocycles. The number of ether oxygens (including phenoxy) is 1. The fourth-order valence-electron chi connectivity index (χ4n) is 1.65. The Morgan fingerprint density at radius 2 is 2.10 bits per heavy atom. The van der Waals surface area contributed by atoms with Crippen molar-refractivity contribution in [2.24, 2.45) is 5.73 Å². The lowest BCUT2D eigenvalue weighted by atomic mass is 10.1. The summed E-state index contributed by atoms with van der Waals surface area (Å²) in [4.78, 5) is 26.0. The van der Waals surface area contributed by atoms with Gasteiger partial charge in [0, 0.05) is 16.2 Å². The molecule has 0 atom stereocenters. The molecule has 0 aliphatic heterocycles. The number of nitrogens with two attached hydrogens (primary N) is 1. The van der Waals surface area contributed by atoms with E-state index in [9.17, 15) is 9.59 Å². The zero-order valence-electron chi connectivity index (χ0n) is 10.6. The van der Waals surface area contributed by atoms with Crippen LogP contribution in [0.3, 0.4) is 0 Å². The summed E-state index contributed by atoms with van der Waals surface area (Å²) in [7, 11) is 1.47. The number of carbonyl (C=O) groups excluding carboxylic acids is 2. The highest BCUT2D eigenvalue weighted by molar-refractivity contribution is 9.10. The summed E-state index contributed by atoms with van der Waals surface area (Å²) < 4.78 is 5.90. The summed E-state index contributed by atoms with van der Waals surface area (Å²) in [5.74, 6) is -0.490. The number of primary amides is 1. The van der Waals surface area contributed by atoms with Gasteiger partial charge in [0.2, 0.25) is 5.91 Å². The number of benzene rings is 1. The van der Waals surface area contributed by atoms with E-state index in [1.165, 1.54) is 19.2 Å². The highest BCUT2D eigenvalue weighted by atomic mass is 79.9. The van der Waals surface area contributed by atoms with Crippen LogP contribution in [0, 0.1) is 0 Å². The molecule has 1 aromatic carbocycles. The number of hydrogen-bond donors (Lipinski definition) is 3. The molecule has 0 aliphatic carbocycles. The van der Waals surface area contributed by atoms with Crippen LogP contribution in [-0.2, 0) is 0 Å². The number of aromatic nitrogens is 1. The van der Waals surface area contributed by atoms with Crippen LogP contribution in [0.5, 0.6) is 5.75 Å². The second kappa shape index (κ2) is 5.79. The third kappa shape index (κ3) is 3.00. The standard InChI is InChI=1S/C13H12BrN3O3/c1-20-11-3-2-7(12(15)18)4-9(11)17-13(19)10-5-8(14)6-16-10/h2-6,16H,1H3,(H2,15,18)(H,17,19). The number of rotatable bonds is 4. The summed E-state index contributed by atoms with van der Waals surface area (Å²) >= 11 is 3.25. The van der Waals surface area contributed by atoms with Gasteiger partial charge >= 0.3 is 0 Å². The van der Waals surface area contributed by atoms with Gasteiger partial charge in [0.25, 0.3) is 5.91 Å². The predicted molar refractivity (Wildman–Crippen MR) is 78.0 cm³/mol. The van der Waals surface area contributed by atoms with Crippen molar-refractivity contribution in [3.05, 3.63) is 46.2 Å². The first kappa shape index (κ1) is 14.1. The fraction of sp³-hybridized carbons (Fsp3) is 0.0769. The summed E-state index contributed by atoms with van der Waals surface area (Å²) in [6.45, 7) is 0. The first-order valence-electron chi connectivity index (χ1n) is 5.64. The molecule has 0 spiro atoms. The molecule has 7 heteroatoms. The number of nitrogens with one attached hydrogen (secondary N) is 2. The molecule has 0 radical (unpaired) electrons. The van der Waals surface area contributed by atoms with Crippen molar-refractivity contribution in [2.45, 2.75) is 0 Å². The molecule has 0 saturated carbocycles. The Bertz CT molecular complexity index is 667. The maximum atomic E-state index is 12.0. The van der Waals surface area contributed by atoms with E-state index < -0.39 is 5.91 Å². The molecule has 4 N–H and O–H groups in total. The maximum absolute atomic E-state index is 12.0. The minimum atomic E-state index is -0.578. The van der Waals surface area contributed by atoms with Gasteiger partial charge in [0.1, 0.15) is 11.4 Å². The molecule has 2 amide bonds. The Hall–Kier alpha value is -2.28. The first-order valence-corrected chi connectivity index (χ1v) is 6.43. The second-order valence-electron chi connectivity index (χ2n) is 3.97. The molecule has 2 rings (SSSR count). The maximum Gasteiger partial charge on any atom is 0.272 e. The van der Waals surface area contributed by atoms with E-state index in [4.69, 9.17) is 10.5 Å². The zero-order chi connectivity index (χ0) is 14.7.